The first kappa shape index (κ1) is 29.4. The van der Waals surface area contributed by atoms with Crippen molar-refractivity contribution in [3.63, 3.8) is 0 Å². The van der Waals surface area contributed by atoms with Gasteiger partial charge in [0.1, 0.15) is 12.2 Å². The van der Waals surface area contributed by atoms with Gasteiger partial charge in [0, 0.05) is 17.8 Å². The topological polar surface area (TPSA) is 153 Å². The molecule has 0 aromatic carbocycles. The highest BCUT2D eigenvalue weighted by molar-refractivity contribution is 5.92. The number of urea groups is 1. The highest BCUT2D eigenvalue weighted by Gasteiger charge is 2.30. The summed E-state index contributed by atoms with van der Waals surface area (Å²) in [7, 11) is 0. The highest BCUT2D eigenvalue weighted by atomic mass is 16.4. The van der Waals surface area contributed by atoms with Crippen LogP contribution in [0.2, 0.25) is 0 Å². The number of aromatic nitrogens is 2. The van der Waals surface area contributed by atoms with Gasteiger partial charge in [-0.15, -0.1) is 0 Å². The summed E-state index contributed by atoms with van der Waals surface area (Å²) in [6, 6.07) is 3.78. The normalized spacial score (nSPS) is 18.2. The molecule has 38 heavy (non-hydrogen) atoms. The lowest BCUT2D eigenvalue weighted by Gasteiger charge is -2.40. The molecule has 1 aliphatic carbocycles. The van der Waals surface area contributed by atoms with Crippen LogP contribution >= 0.6 is 0 Å². The Balaban J connectivity index is 0.000000505. The van der Waals surface area contributed by atoms with Crippen molar-refractivity contribution in [1.29, 1.82) is 0 Å². The number of anilines is 1. The monoisotopic (exact) mass is 529 g/mol. The number of pyridine rings is 1. The molecule has 0 bridgehead atoms. The number of nitrogens with one attached hydrogen (secondary N) is 1. The van der Waals surface area contributed by atoms with Crippen LogP contribution in [0.4, 0.5) is 10.6 Å². The number of carbonyl (C=O) groups is 3. The van der Waals surface area contributed by atoms with Crippen LogP contribution in [0.5, 0.6) is 0 Å². The number of fused-ring (bicyclic) bond motifs is 1. The van der Waals surface area contributed by atoms with Gasteiger partial charge in [0.2, 0.25) is 0 Å². The van der Waals surface area contributed by atoms with Gasteiger partial charge in [-0.1, -0.05) is 32.1 Å². The molecule has 4 rings (SSSR count). The number of aromatic amines is 1. The average molecular weight is 530 g/mol. The van der Waals surface area contributed by atoms with Crippen LogP contribution in [0.1, 0.15) is 96.5 Å². The van der Waals surface area contributed by atoms with Crippen LogP contribution < -0.4 is 10.6 Å². The number of nitrogens with two attached hydrogens (primary N) is 1. The number of piperidine rings is 1. The standard InChI is InChI=1S/C25H39N5O.C3H4O4/c1-25(2,3)29-15-13-18(14-16-29)20-17-27-21-11-12-22(28-23(20)21)30(24(26)31)19-9-7-5-4-6-8-10-19;4-2(5)1-3(6)7/h11-12,17-19,27H,4-10,13-16H2,1-3H3,(H2,26,31);1H2,(H,4,5)(H,6,7). The number of carbonyl (C=O) groups excluding carboxylic acids is 1. The van der Waals surface area contributed by atoms with Crippen molar-refractivity contribution >= 4 is 34.8 Å². The lowest BCUT2D eigenvalue weighted by atomic mass is 9.88. The summed E-state index contributed by atoms with van der Waals surface area (Å²) in [6.07, 6.45) is 11.7. The van der Waals surface area contributed by atoms with Crippen molar-refractivity contribution in [3.8, 4) is 0 Å². The number of carboxylic acid groups (broad SMARTS) is 2. The predicted octanol–water partition coefficient (Wildman–Crippen LogP) is 5.08. The molecule has 2 aromatic heterocycles. The molecule has 2 aromatic rings. The van der Waals surface area contributed by atoms with Gasteiger partial charge < -0.3 is 20.9 Å². The molecule has 10 nitrogen and oxygen atoms in total. The molecular weight excluding hydrogens is 486 g/mol. The van der Waals surface area contributed by atoms with Crippen molar-refractivity contribution in [2.75, 3.05) is 18.0 Å². The van der Waals surface area contributed by atoms with Crippen LogP contribution in [-0.2, 0) is 9.59 Å². The van der Waals surface area contributed by atoms with Crippen LogP contribution in [0.25, 0.3) is 11.0 Å². The van der Waals surface area contributed by atoms with Gasteiger partial charge in [0.05, 0.1) is 11.0 Å². The van der Waals surface area contributed by atoms with E-state index >= 15 is 0 Å². The number of hydrogen-bond donors (Lipinski definition) is 4. The van der Waals surface area contributed by atoms with E-state index in [9.17, 15) is 14.4 Å². The van der Waals surface area contributed by atoms with Crippen LogP contribution in [0.3, 0.4) is 0 Å². The fourth-order valence-corrected chi connectivity index (χ4v) is 5.62. The van der Waals surface area contributed by atoms with E-state index < -0.39 is 18.4 Å². The number of rotatable bonds is 5. The minimum Gasteiger partial charge on any atom is -0.481 e. The molecule has 210 valence electrons. The molecule has 10 heteroatoms. The maximum Gasteiger partial charge on any atom is 0.320 e. The van der Waals surface area contributed by atoms with Crippen molar-refractivity contribution < 1.29 is 24.6 Å². The van der Waals surface area contributed by atoms with Gasteiger partial charge in [-0.25, -0.2) is 9.78 Å². The Kier molecular flexibility index (Phi) is 10.1. The van der Waals surface area contributed by atoms with Crippen LogP contribution in [0, 0.1) is 0 Å². The molecule has 1 aliphatic heterocycles. The molecule has 1 saturated carbocycles. The Morgan fingerprint density at radius 1 is 1.00 bits per heavy atom. The summed E-state index contributed by atoms with van der Waals surface area (Å²) in [6.45, 7) is 9.09. The largest absolute Gasteiger partial charge is 0.481 e. The minimum absolute atomic E-state index is 0.153. The first-order valence-corrected chi connectivity index (χ1v) is 13.7. The third-order valence-electron chi connectivity index (χ3n) is 7.65. The summed E-state index contributed by atoms with van der Waals surface area (Å²) in [5.41, 5.74) is 9.43. The third kappa shape index (κ3) is 7.93. The zero-order valence-corrected chi connectivity index (χ0v) is 22.9. The lowest BCUT2D eigenvalue weighted by molar-refractivity contribution is -0.147. The lowest BCUT2D eigenvalue weighted by Crippen LogP contribution is -2.45. The molecule has 0 spiro atoms. The summed E-state index contributed by atoms with van der Waals surface area (Å²) in [5, 5.41) is 15.4. The first-order valence-electron chi connectivity index (χ1n) is 13.7. The molecule has 2 amide bonds. The molecule has 2 fully saturated rings. The number of nitrogens with zero attached hydrogens (tertiary/aromatic N) is 3. The van der Waals surface area contributed by atoms with Gasteiger partial charge in [-0.3, -0.25) is 19.4 Å². The van der Waals surface area contributed by atoms with Gasteiger partial charge >= 0.3 is 18.0 Å². The highest BCUT2D eigenvalue weighted by Crippen LogP contribution is 2.35. The molecule has 0 atom stereocenters. The Hall–Kier alpha value is -3.14. The zero-order valence-electron chi connectivity index (χ0n) is 22.9. The smallest absolute Gasteiger partial charge is 0.320 e. The Labute approximate surface area is 224 Å². The van der Waals surface area contributed by atoms with E-state index in [1.165, 1.54) is 24.8 Å². The molecule has 0 unspecified atom stereocenters. The molecule has 1 saturated heterocycles. The second kappa shape index (κ2) is 13.1. The number of amides is 2. The molecule has 2 aliphatic rings. The molecule has 3 heterocycles. The van der Waals surface area contributed by atoms with Crippen molar-refractivity contribution in [3.05, 3.63) is 23.9 Å². The Bertz CT molecular complexity index is 1080. The molecule has 5 N–H and O–H groups in total. The van der Waals surface area contributed by atoms with E-state index in [1.54, 1.807) is 4.90 Å². The first-order chi connectivity index (χ1) is 18.0. The van der Waals surface area contributed by atoms with Crippen LogP contribution in [-0.4, -0.2) is 67.7 Å². The number of aliphatic carboxylic acids is 2. The van der Waals surface area contributed by atoms with E-state index in [2.05, 4.69) is 42.9 Å². The third-order valence-corrected chi connectivity index (χ3v) is 7.65. The molecular formula is C28H43N5O5. The summed E-state index contributed by atoms with van der Waals surface area (Å²) < 4.78 is 0. The van der Waals surface area contributed by atoms with Crippen LogP contribution in [0.15, 0.2) is 18.3 Å². The number of likely N-dealkylation sites (tertiary alicyclic amines) is 1. The predicted molar refractivity (Wildman–Crippen MR) is 147 cm³/mol. The maximum atomic E-state index is 12.5. The van der Waals surface area contributed by atoms with Gasteiger partial charge in [0.25, 0.3) is 0 Å². The van der Waals surface area contributed by atoms with E-state index in [-0.39, 0.29) is 17.6 Å². The van der Waals surface area contributed by atoms with Crippen molar-refractivity contribution in [2.45, 2.75) is 102 Å². The van der Waals surface area contributed by atoms with E-state index in [1.807, 2.05) is 6.07 Å². The number of hydrogen-bond acceptors (Lipinski definition) is 5. The quantitative estimate of drug-likeness (QED) is 0.394. The summed E-state index contributed by atoms with van der Waals surface area (Å²) in [4.78, 5) is 44.1. The van der Waals surface area contributed by atoms with Gasteiger partial charge in [0.15, 0.2) is 0 Å². The Morgan fingerprint density at radius 2 is 1.58 bits per heavy atom. The number of primary amides is 1. The summed E-state index contributed by atoms with van der Waals surface area (Å²) in [5.74, 6) is -1.42. The SMILES string of the molecule is CC(C)(C)N1CCC(c2c[nH]c3ccc(N(C(N)=O)C4CCCCCCC4)nc23)CC1.O=C(O)CC(=O)O. The molecule has 0 radical (unpaired) electrons. The van der Waals surface area contributed by atoms with Gasteiger partial charge in [-0.2, -0.15) is 0 Å². The fraction of sp³-hybridized carbons (Fsp3) is 0.643. The second-order valence-electron chi connectivity index (χ2n) is 11.4. The number of carboxylic acids is 2. The van der Waals surface area contributed by atoms with E-state index in [0.29, 0.717) is 11.7 Å². The van der Waals surface area contributed by atoms with Gasteiger partial charge in [-0.05, 0) is 83.2 Å². The summed E-state index contributed by atoms with van der Waals surface area (Å²) >= 11 is 0. The average Bonchev–Trinajstić information content (AvgIpc) is 3.23. The maximum absolute atomic E-state index is 12.5. The van der Waals surface area contributed by atoms with Crippen molar-refractivity contribution in [2.24, 2.45) is 5.73 Å². The zero-order chi connectivity index (χ0) is 27.9. The van der Waals surface area contributed by atoms with Crippen molar-refractivity contribution in [1.82, 2.24) is 14.9 Å². The fourth-order valence-electron chi connectivity index (χ4n) is 5.62. The van der Waals surface area contributed by atoms with E-state index in [4.69, 9.17) is 20.9 Å². The Morgan fingerprint density at radius 3 is 2.08 bits per heavy atom. The minimum atomic E-state index is -1.31. The second-order valence-corrected chi connectivity index (χ2v) is 11.4. The number of H-pyrrole nitrogens is 1. The van der Waals surface area contributed by atoms with E-state index in [0.717, 1.165) is 62.6 Å².